The third kappa shape index (κ3) is 3.92. The van der Waals surface area contributed by atoms with Crippen molar-refractivity contribution in [3.8, 4) is 0 Å². The van der Waals surface area contributed by atoms with Crippen molar-refractivity contribution in [2.24, 2.45) is 0 Å². The number of likely N-dealkylation sites (N-methyl/N-ethyl adjacent to an activating group) is 2. The van der Waals surface area contributed by atoms with E-state index in [4.69, 9.17) is 0 Å². The topological polar surface area (TPSA) is 47.5 Å². The van der Waals surface area contributed by atoms with Crippen molar-refractivity contribution in [3.63, 3.8) is 0 Å². The zero-order valence-corrected chi connectivity index (χ0v) is 9.29. The fourth-order valence-electron chi connectivity index (χ4n) is 1.48. The molecule has 0 spiro atoms. The molecule has 0 heterocycles. The molecule has 4 nitrogen and oxygen atoms in total. The smallest absolute Gasteiger partial charge is 0.119 e. The minimum atomic E-state index is -0.357. The Morgan fingerprint density at radius 2 is 2.21 bits per heavy atom. The molecule has 1 fully saturated rings. The summed E-state index contributed by atoms with van der Waals surface area (Å²) < 4.78 is 0. The van der Waals surface area contributed by atoms with Gasteiger partial charge < -0.3 is 15.7 Å². The van der Waals surface area contributed by atoms with Crippen LogP contribution in [0.2, 0.25) is 0 Å². The van der Waals surface area contributed by atoms with Crippen molar-refractivity contribution in [1.82, 2.24) is 15.5 Å². The molecule has 1 saturated carbocycles. The Bertz CT molecular complexity index is 150. The van der Waals surface area contributed by atoms with Crippen LogP contribution in [0.5, 0.6) is 0 Å². The summed E-state index contributed by atoms with van der Waals surface area (Å²) in [5.41, 5.74) is 0. The molecule has 1 rings (SSSR count). The Kier molecular flexibility index (Phi) is 5.40. The Balaban J connectivity index is 2.03. The fourth-order valence-corrected chi connectivity index (χ4v) is 1.48. The maximum absolute atomic E-state index is 9.75. The highest BCUT2D eigenvalue weighted by Gasteiger charge is 2.18. The molecule has 3 N–H and O–H groups in total. The van der Waals surface area contributed by atoms with Gasteiger partial charge in [-0.05, 0) is 26.9 Å². The van der Waals surface area contributed by atoms with Gasteiger partial charge in [-0.1, -0.05) is 6.42 Å². The van der Waals surface area contributed by atoms with E-state index >= 15 is 0 Å². The van der Waals surface area contributed by atoms with Crippen molar-refractivity contribution in [2.45, 2.75) is 31.5 Å². The lowest BCUT2D eigenvalue weighted by atomic mass is 9.93. The van der Waals surface area contributed by atoms with Crippen LogP contribution in [0.15, 0.2) is 0 Å². The van der Waals surface area contributed by atoms with E-state index in [-0.39, 0.29) is 6.23 Å². The molecule has 14 heavy (non-hydrogen) atoms. The van der Waals surface area contributed by atoms with Gasteiger partial charge in [-0.2, -0.15) is 0 Å². The van der Waals surface area contributed by atoms with Gasteiger partial charge in [0, 0.05) is 25.7 Å². The normalized spacial score (nSPS) is 19.7. The van der Waals surface area contributed by atoms with Crippen LogP contribution in [-0.4, -0.2) is 56.0 Å². The molecule has 1 unspecified atom stereocenters. The van der Waals surface area contributed by atoms with Crippen LogP contribution < -0.4 is 10.6 Å². The first-order chi connectivity index (χ1) is 6.74. The lowest BCUT2D eigenvalue weighted by Gasteiger charge is -2.30. The lowest BCUT2D eigenvalue weighted by molar-refractivity contribution is 0.0199. The minimum Gasteiger partial charge on any atom is -0.377 e. The maximum atomic E-state index is 9.75. The van der Waals surface area contributed by atoms with Crippen molar-refractivity contribution in [2.75, 3.05) is 33.7 Å². The van der Waals surface area contributed by atoms with E-state index in [1.807, 2.05) is 19.0 Å². The first kappa shape index (κ1) is 11.9. The van der Waals surface area contributed by atoms with E-state index in [0.717, 1.165) is 13.1 Å². The minimum absolute atomic E-state index is 0.357. The maximum Gasteiger partial charge on any atom is 0.119 e. The van der Waals surface area contributed by atoms with Crippen molar-refractivity contribution in [3.05, 3.63) is 0 Å². The second kappa shape index (κ2) is 6.35. The van der Waals surface area contributed by atoms with Gasteiger partial charge in [-0.3, -0.25) is 4.90 Å². The third-order valence-corrected chi connectivity index (χ3v) is 2.92. The molecule has 1 aliphatic rings. The van der Waals surface area contributed by atoms with Crippen LogP contribution in [0.25, 0.3) is 0 Å². The molecule has 1 atom stereocenters. The summed E-state index contributed by atoms with van der Waals surface area (Å²) in [6.45, 7) is 2.48. The summed E-state index contributed by atoms with van der Waals surface area (Å²) in [4.78, 5) is 1.96. The predicted octanol–water partition coefficient (Wildman–Crippen LogP) is -0.402. The van der Waals surface area contributed by atoms with Crippen LogP contribution in [0, 0.1) is 0 Å². The Morgan fingerprint density at radius 3 is 2.71 bits per heavy atom. The molecular weight excluding hydrogens is 178 g/mol. The summed E-state index contributed by atoms with van der Waals surface area (Å²) in [5, 5.41) is 16.2. The van der Waals surface area contributed by atoms with Crippen LogP contribution in [-0.2, 0) is 0 Å². The molecule has 1 aliphatic carbocycles. The molecule has 0 saturated heterocycles. The number of hydrogen-bond donors (Lipinski definition) is 3. The second-order valence-electron chi connectivity index (χ2n) is 4.10. The van der Waals surface area contributed by atoms with Crippen LogP contribution in [0.3, 0.4) is 0 Å². The van der Waals surface area contributed by atoms with Gasteiger partial charge in [0.25, 0.3) is 0 Å². The number of rotatable bonds is 7. The zero-order chi connectivity index (χ0) is 10.4. The number of aliphatic hydroxyl groups excluding tert-OH is 1. The first-order valence-corrected chi connectivity index (χ1v) is 5.50. The van der Waals surface area contributed by atoms with Gasteiger partial charge in [-0.25, -0.2) is 0 Å². The second-order valence-corrected chi connectivity index (χ2v) is 4.10. The molecular formula is C10H23N3O. The highest BCUT2D eigenvalue weighted by atomic mass is 16.3. The summed E-state index contributed by atoms with van der Waals surface area (Å²) in [6.07, 6.45) is 3.52. The summed E-state index contributed by atoms with van der Waals surface area (Å²) >= 11 is 0. The van der Waals surface area contributed by atoms with Gasteiger partial charge in [-0.15, -0.1) is 0 Å². The Morgan fingerprint density at radius 1 is 1.50 bits per heavy atom. The third-order valence-electron chi connectivity index (χ3n) is 2.92. The molecule has 0 bridgehead atoms. The van der Waals surface area contributed by atoms with Crippen LogP contribution >= 0.6 is 0 Å². The molecule has 0 aromatic rings. The van der Waals surface area contributed by atoms with Gasteiger partial charge in [0.15, 0.2) is 0 Å². The molecule has 0 radical (unpaired) electrons. The molecule has 4 heteroatoms. The van der Waals surface area contributed by atoms with E-state index in [1.165, 1.54) is 19.3 Å². The predicted molar refractivity (Wildman–Crippen MR) is 58.2 cm³/mol. The quantitative estimate of drug-likeness (QED) is 0.491. The number of aliphatic hydroxyl groups is 1. The Labute approximate surface area is 86.7 Å². The number of nitrogens with one attached hydrogen (secondary N) is 2. The largest absolute Gasteiger partial charge is 0.377 e. The highest BCUT2D eigenvalue weighted by Crippen LogP contribution is 2.17. The first-order valence-electron chi connectivity index (χ1n) is 5.50. The Hall–Kier alpha value is -0.160. The number of nitrogens with zero attached hydrogens (tertiary/aromatic N) is 1. The number of hydrogen-bond acceptors (Lipinski definition) is 4. The SMILES string of the molecule is CNCCN(C)C(O)CNC1CCC1. The van der Waals surface area contributed by atoms with Gasteiger partial charge in [0.1, 0.15) is 6.23 Å². The van der Waals surface area contributed by atoms with E-state index in [1.54, 1.807) is 0 Å². The monoisotopic (exact) mass is 201 g/mol. The average molecular weight is 201 g/mol. The van der Waals surface area contributed by atoms with E-state index in [0.29, 0.717) is 12.6 Å². The van der Waals surface area contributed by atoms with Gasteiger partial charge >= 0.3 is 0 Å². The molecule has 0 aromatic carbocycles. The summed E-state index contributed by atoms with van der Waals surface area (Å²) in [7, 11) is 3.87. The van der Waals surface area contributed by atoms with E-state index in [2.05, 4.69) is 10.6 Å². The van der Waals surface area contributed by atoms with Crippen LogP contribution in [0.1, 0.15) is 19.3 Å². The van der Waals surface area contributed by atoms with Crippen LogP contribution in [0.4, 0.5) is 0 Å². The lowest BCUT2D eigenvalue weighted by Crippen LogP contribution is -2.46. The standard InChI is InChI=1S/C10H23N3O/c1-11-6-7-13(2)10(14)8-12-9-4-3-5-9/h9-12,14H,3-8H2,1-2H3. The highest BCUT2D eigenvalue weighted by molar-refractivity contribution is 4.77. The van der Waals surface area contributed by atoms with E-state index in [9.17, 15) is 5.11 Å². The molecule has 0 aromatic heterocycles. The summed E-state index contributed by atoms with van der Waals surface area (Å²) in [6, 6.07) is 0.655. The molecule has 0 amide bonds. The molecule has 84 valence electrons. The van der Waals surface area contributed by atoms with Gasteiger partial charge in [0.2, 0.25) is 0 Å². The van der Waals surface area contributed by atoms with Gasteiger partial charge in [0.05, 0.1) is 0 Å². The zero-order valence-electron chi connectivity index (χ0n) is 9.29. The van der Waals surface area contributed by atoms with E-state index < -0.39 is 0 Å². The average Bonchev–Trinajstić information content (AvgIpc) is 2.11. The molecule has 0 aliphatic heterocycles. The van der Waals surface area contributed by atoms with Crippen molar-refractivity contribution < 1.29 is 5.11 Å². The van der Waals surface area contributed by atoms with Crippen molar-refractivity contribution in [1.29, 1.82) is 0 Å². The fraction of sp³-hybridized carbons (Fsp3) is 1.00. The van der Waals surface area contributed by atoms with Crippen molar-refractivity contribution >= 4 is 0 Å². The summed E-state index contributed by atoms with van der Waals surface area (Å²) in [5.74, 6) is 0.